The van der Waals surface area contributed by atoms with Gasteiger partial charge in [0.05, 0.1) is 12.0 Å². The average Bonchev–Trinajstić information content (AvgIpc) is 2.65. The highest BCUT2D eigenvalue weighted by Gasteiger charge is 2.63. The molecular weight excluding hydrogens is 260 g/mol. The minimum atomic E-state index is -2.62. The van der Waals surface area contributed by atoms with Crippen molar-refractivity contribution in [2.45, 2.75) is 19.8 Å². The molecule has 1 aromatic heterocycles. The highest BCUT2D eigenvalue weighted by molar-refractivity contribution is 5.62. The Balaban J connectivity index is 1.88. The van der Waals surface area contributed by atoms with E-state index in [1.807, 2.05) is 24.8 Å². The van der Waals surface area contributed by atoms with Crippen LogP contribution in [0.15, 0.2) is 12.6 Å². The molecule has 2 fully saturated rings. The number of halogens is 2. The molecule has 5 heteroatoms. The number of hydrogen-bond acceptors (Lipinski definition) is 3. The van der Waals surface area contributed by atoms with Crippen molar-refractivity contribution < 1.29 is 8.78 Å². The lowest BCUT2D eigenvalue weighted by Crippen LogP contribution is -2.65. The highest BCUT2D eigenvalue weighted by atomic mass is 19.3. The van der Waals surface area contributed by atoms with E-state index >= 15 is 0 Å². The molecule has 0 atom stereocenters. The fraction of sp³-hybridized carbons (Fsp3) is 0.533. The quantitative estimate of drug-likeness (QED) is 0.901. The standard InChI is InChI=1S/C15H19F2N3/c1-4-12-5-10(2)19-13(11(12)3)20-8-14(9-20)6-18-7-15(14,16)17/h4-5,18H,1,6-9H2,2-3H3. The maximum Gasteiger partial charge on any atom is 0.270 e. The van der Waals surface area contributed by atoms with Gasteiger partial charge in [-0.1, -0.05) is 12.7 Å². The Morgan fingerprint density at radius 3 is 2.60 bits per heavy atom. The Labute approximate surface area is 117 Å². The summed E-state index contributed by atoms with van der Waals surface area (Å²) in [5.74, 6) is -1.81. The summed E-state index contributed by atoms with van der Waals surface area (Å²) >= 11 is 0. The minimum absolute atomic E-state index is 0.209. The molecule has 0 radical (unpaired) electrons. The lowest BCUT2D eigenvalue weighted by Gasteiger charge is -2.51. The summed E-state index contributed by atoms with van der Waals surface area (Å²) < 4.78 is 27.9. The molecule has 2 aliphatic rings. The summed E-state index contributed by atoms with van der Waals surface area (Å²) in [7, 11) is 0. The van der Waals surface area contributed by atoms with Gasteiger partial charge in [-0.3, -0.25) is 0 Å². The molecule has 0 aliphatic carbocycles. The molecule has 3 heterocycles. The summed E-state index contributed by atoms with van der Waals surface area (Å²) in [5, 5.41) is 2.81. The Morgan fingerprint density at radius 1 is 1.35 bits per heavy atom. The molecule has 108 valence electrons. The monoisotopic (exact) mass is 279 g/mol. The van der Waals surface area contributed by atoms with Gasteiger partial charge in [0.2, 0.25) is 0 Å². The molecule has 0 bridgehead atoms. The Kier molecular flexibility index (Phi) is 2.87. The van der Waals surface area contributed by atoms with Gasteiger partial charge in [-0.15, -0.1) is 0 Å². The van der Waals surface area contributed by atoms with E-state index in [-0.39, 0.29) is 6.54 Å². The highest BCUT2D eigenvalue weighted by Crippen LogP contribution is 2.48. The van der Waals surface area contributed by atoms with E-state index in [1.54, 1.807) is 6.08 Å². The first-order valence-corrected chi connectivity index (χ1v) is 6.83. The molecular formula is C15H19F2N3. The summed E-state index contributed by atoms with van der Waals surface area (Å²) in [4.78, 5) is 6.47. The van der Waals surface area contributed by atoms with E-state index in [0.29, 0.717) is 19.6 Å². The topological polar surface area (TPSA) is 28.2 Å². The van der Waals surface area contributed by atoms with Crippen LogP contribution in [0, 0.1) is 19.3 Å². The zero-order valence-electron chi connectivity index (χ0n) is 11.8. The second kappa shape index (κ2) is 4.25. The molecule has 1 spiro atoms. The molecule has 0 saturated carbocycles. The Bertz CT molecular complexity index is 562. The van der Waals surface area contributed by atoms with E-state index in [4.69, 9.17) is 0 Å². The summed E-state index contributed by atoms with van der Waals surface area (Å²) in [5.41, 5.74) is 2.00. The van der Waals surface area contributed by atoms with Crippen molar-refractivity contribution in [2.24, 2.45) is 5.41 Å². The van der Waals surface area contributed by atoms with Crippen molar-refractivity contribution in [3.8, 4) is 0 Å². The van der Waals surface area contributed by atoms with Gasteiger partial charge in [0.25, 0.3) is 5.92 Å². The molecule has 2 aliphatic heterocycles. The maximum absolute atomic E-state index is 13.9. The van der Waals surface area contributed by atoms with Crippen LogP contribution in [-0.4, -0.2) is 37.1 Å². The van der Waals surface area contributed by atoms with Crippen LogP contribution in [-0.2, 0) is 0 Å². The van der Waals surface area contributed by atoms with Gasteiger partial charge in [0.15, 0.2) is 0 Å². The smallest absolute Gasteiger partial charge is 0.270 e. The molecule has 20 heavy (non-hydrogen) atoms. The number of aromatic nitrogens is 1. The van der Waals surface area contributed by atoms with Crippen LogP contribution in [0.5, 0.6) is 0 Å². The second-order valence-corrected chi connectivity index (χ2v) is 5.95. The van der Waals surface area contributed by atoms with Gasteiger partial charge in [-0.05, 0) is 31.0 Å². The fourth-order valence-corrected chi connectivity index (χ4v) is 3.22. The van der Waals surface area contributed by atoms with Crippen LogP contribution in [0.2, 0.25) is 0 Å². The number of alkyl halides is 2. The first kappa shape index (κ1) is 13.5. The van der Waals surface area contributed by atoms with Crippen molar-refractivity contribution in [1.82, 2.24) is 10.3 Å². The number of hydrogen-bond donors (Lipinski definition) is 1. The van der Waals surface area contributed by atoms with Gasteiger partial charge < -0.3 is 10.2 Å². The largest absolute Gasteiger partial charge is 0.355 e. The van der Waals surface area contributed by atoms with Crippen LogP contribution in [0.1, 0.15) is 16.8 Å². The molecule has 0 amide bonds. The zero-order chi connectivity index (χ0) is 14.5. The van der Waals surface area contributed by atoms with Gasteiger partial charge in [-0.2, -0.15) is 0 Å². The first-order valence-electron chi connectivity index (χ1n) is 6.83. The van der Waals surface area contributed by atoms with E-state index in [9.17, 15) is 8.78 Å². The Morgan fingerprint density at radius 2 is 2.05 bits per heavy atom. The van der Waals surface area contributed by atoms with Gasteiger partial charge >= 0.3 is 0 Å². The van der Waals surface area contributed by atoms with Crippen molar-refractivity contribution in [1.29, 1.82) is 0 Å². The van der Waals surface area contributed by atoms with Gasteiger partial charge in [-0.25, -0.2) is 13.8 Å². The molecule has 3 nitrogen and oxygen atoms in total. The molecule has 2 saturated heterocycles. The predicted octanol–water partition coefficient (Wildman–Crippen LogP) is 2.39. The average molecular weight is 279 g/mol. The SMILES string of the molecule is C=Cc1cc(C)nc(N2CC3(CNCC3(F)F)C2)c1C. The van der Waals surface area contributed by atoms with E-state index < -0.39 is 11.3 Å². The second-order valence-electron chi connectivity index (χ2n) is 5.95. The van der Waals surface area contributed by atoms with E-state index in [0.717, 1.165) is 22.6 Å². The number of pyridine rings is 1. The predicted molar refractivity (Wildman–Crippen MR) is 76.3 cm³/mol. The molecule has 1 N–H and O–H groups in total. The van der Waals surface area contributed by atoms with Gasteiger partial charge in [0, 0.05) is 25.3 Å². The van der Waals surface area contributed by atoms with Crippen molar-refractivity contribution in [3.63, 3.8) is 0 Å². The molecule has 3 rings (SSSR count). The lowest BCUT2D eigenvalue weighted by atomic mass is 9.76. The van der Waals surface area contributed by atoms with Crippen LogP contribution >= 0.6 is 0 Å². The number of nitrogens with zero attached hydrogens (tertiary/aromatic N) is 2. The molecule has 1 aromatic rings. The third-order valence-corrected chi connectivity index (χ3v) is 4.51. The summed E-state index contributed by atoms with van der Waals surface area (Å²) in [6.45, 7) is 8.58. The minimum Gasteiger partial charge on any atom is -0.355 e. The van der Waals surface area contributed by atoms with Crippen molar-refractivity contribution in [2.75, 3.05) is 31.1 Å². The number of anilines is 1. The number of aryl methyl sites for hydroxylation is 1. The van der Waals surface area contributed by atoms with Crippen LogP contribution in [0.4, 0.5) is 14.6 Å². The molecule has 0 aromatic carbocycles. The fourth-order valence-electron chi connectivity index (χ4n) is 3.22. The van der Waals surface area contributed by atoms with Gasteiger partial charge in [0.1, 0.15) is 5.82 Å². The number of nitrogens with one attached hydrogen (secondary N) is 1. The molecule has 0 unspecified atom stereocenters. The van der Waals surface area contributed by atoms with Crippen LogP contribution in [0.25, 0.3) is 6.08 Å². The number of rotatable bonds is 2. The van der Waals surface area contributed by atoms with Crippen LogP contribution in [0.3, 0.4) is 0 Å². The van der Waals surface area contributed by atoms with E-state index in [2.05, 4.69) is 16.9 Å². The normalized spacial score (nSPS) is 22.9. The third kappa shape index (κ3) is 1.76. The van der Waals surface area contributed by atoms with Crippen molar-refractivity contribution in [3.05, 3.63) is 29.5 Å². The first-order chi connectivity index (χ1) is 9.38. The maximum atomic E-state index is 13.9. The summed E-state index contributed by atoms with van der Waals surface area (Å²) in [6, 6.07) is 1.97. The Hall–Kier alpha value is -1.49. The van der Waals surface area contributed by atoms with Crippen molar-refractivity contribution >= 4 is 11.9 Å². The summed E-state index contributed by atoms with van der Waals surface area (Å²) in [6.07, 6.45) is 1.79. The van der Waals surface area contributed by atoms with E-state index in [1.165, 1.54) is 0 Å². The van der Waals surface area contributed by atoms with Crippen LogP contribution < -0.4 is 10.2 Å². The lowest BCUT2D eigenvalue weighted by molar-refractivity contribution is -0.0964. The zero-order valence-corrected chi connectivity index (χ0v) is 11.8. The third-order valence-electron chi connectivity index (χ3n) is 4.51.